The highest BCUT2D eigenvalue weighted by molar-refractivity contribution is 5.98. The van der Waals surface area contributed by atoms with E-state index in [4.69, 9.17) is 4.74 Å². The van der Waals surface area contributed by atoms with Crippen LogP contribution in [0.2, 0.25) is 0 Å². The molecule has 0 saturated carbocycles. The summed E-state index contributed by atoms with van der Waals surface area (Å²) in [6, 6.07) is 5.16. The predicted molar refractivity (Wildman–Crippen MR) is 71.3 cm³/mol. The number of nitrogens with zero attached hydrogens (tertiary/aromatic N) is 1. The van der Waals surface area contributed by atoms with E-state index in [1.165, 1.54) is 6.92 Å². The molecule has 2 rings (SSSR count). The average molecular weight is 260 g/mol. The van der Waals surface area contributed by atoms with E-state index in [0.717, 1.165) is 18.2 Å². The first-order valence-corrected chi connectivity index (χ1v) is 6.31. The Labute approximate surface area is 111 Å². The standard InChI is InChI=1S/C14H16N2O3/c1-3-4-5-12(18)11-8-10-6-7-13(19-9(2)17)16-14(10)15-11/h6-8H,3-5H2,1-2H3,(H,15,16). The SMILES string of the molecule is CCCCC(=O)c1cc2ccc(OC(C)=O)nc2[nH]1. The van der Waals surface area contributed by atoms with Crippen molar-refractivity contribution in [3.05, 3.63) is 23.9 Å². The van der Waals surface area contributed by atoms with E-state index in [-0.39, 0.29) is 11.7 Å². The second-order valence-electron chi connectivity index (χ2n) is 4.39. The zero-order chi connectivity index (χ0) is 13.8. The molecule has 0 atom stereocenters. The summed E-state index contributed by atoms with van der Waals surface area (Å²) >= 11 is 0. The first-order valence-electron chi connectivity index (χ1n) is 6.31. The molecule has 0 aliphatic heterocycles. The minimum atomic E-state index is -0.419. The number of rotatable bonds is 5. The van der Waals surface area contributed by atoms with Crippen LogP contribution in [0.5, 0.6) is 5.88 Å². The number of aromatic nitrogens is 2. The molecule has 100 valence electrons. The molecule has 2 heterocycles. The van der Waals surface area contributed by atoms with Gasteiger partial charge in [0.15, 0.2) is 5.78 Å². The third-order valence-electron chi connectivity index (χ3n) is 2.76. The number of unbranched alkanes of at least 4 members (excludes halogenated alkanes) is 1. The number of Topliss-reactive ketones (excluding diaryl/α,β-unsaturated/α-hetero) is 1. The van der Waals surface area contributed by atoms with E-state index in [0.29, 0.717) is 17.8 Å². The Morgan fingerprint density at radius 1 is 1.37 bits per heavy atom. The zero-order valence-corrected chi connectivity index (χ0v) is 11.0. The number of H-pyrrole nitrogens is 1. The number of nitrogens with one attached hydrogen (secondary N) is 1. The quantitative estimate of drug-likeness (QED) is 0.662. The van der Waals surface area contributed by atoms with Crippen LogP contribution in [0, 0.1) is 0 Å². The second-order valence-corrected chi connectivity index (χ2v) is 4.39. The Balaban J connectivity index is 2.25. The number of pyridine rings is 1. The van der Waals surface area contributed by atoms with Gasteiger partial charge in [0.2, 0.25) is 5.88 Å². The van der Waals surface area contributed by atoms with Crippen molar-refractivity contribution in [2.75, 3.05) is 0 Å². The van der Waals surface area contributed by atoms with Gasteiger partial charge < -0.3 is 9.72 Å². The molecule has 5 nitrogen and oxygen atoms in total. The van der Waals surface area contributed by atoms with E-state index in [1.807, 2.05) is 6.92 Å². The van der Waals surface area contributed by atoms with Crippen molar-refractivity contribution in [2.24, 2.45) is 0 Å². The minimum Gasteiger partial charge on any atom is -0.408 e. The molecule has 2 aromatic rings. The molecule has 0 aliphatic carbocycles. The molecular formula is C14H16N2O3. The van der Waals surface area contributed by atoms with Crippen LogP contribution in [0.15, 0.2) is 18.2 Å². The molecule has 0 aliphatic rings. The van der Waals surface area contributed by atoms with Crippen LogP contribution in [0.3, 0.4) is 0 Å². The van der Waals surface area contributed by atoms with Crippen LogP contribution in [0.25, 0.3) is 11.0 Å². The number of hydrogen-bond donors (Lipinski definition) is 1. The number of aromatic amines is 1. The number of carbonyl (C=O) groups is 2. The van der Waals surface area contributed by atoms with Gasteiger partial charge in [-0.1, -0.05) is 13.3 Å². The maximum absolute atomic E-state index is 11.9. The van der Waals surface area contributed by atoms with Gasteiger partial charge in [-0.25, -0.2) is 0 Å². The van der Waals surface area contributed by atoms with Crippen molar-refractivity contribution in [3.8, 4) is 5.88 Å². The van der Waals surface area contributed by atoms with Gasteiger partial charge in [0.1, 0.15) is 5.65 Å². The van der Waals surface area contributed by atoms with Gasteiger partial charge in [0.25, 0.3) is 0 Å². The predicted octanol–water partition coefficient (Wildman–Crippen LogP) is 2.86. The summed E-state index contributed by atoms with van der Waals surface area (Å²) in [5, 5.41) is 0.829. The molecule has 2 aromatic heterocycles. The molecule has 0 bridgehead atoms. The third-order valence-corrected chi connectivity index (χ3v) is 2.76. The Hall–Kier alpha value is -2.17. The van der Waals surface area contributed by atoms with Gasteiger partial charge in [-0.3, -0.25) is 9.59 Å². The number of ether oxygens (including phenoxy) is 1. The highest BCUT2D eigenvalue weighted by atomic mass is 16.5. The van der Waals surface area contributed by atoms with Crippen LogP contribution < -0.4 is 4.74 Å². The van der Waals surface area contributed by atoms with Crippen molar-refractivity contribution < 1.29 is 14.3 Å². The van der Waals surface area contributed by atoms with Crippen molar-refractivity contribution >= 4 is 22.8 Å². The summed E-state index contributed by atoms with van der Waals surface area (Å²) in [5.41, 5.74) is 1.11. The van der Waals surface area contributed by atoms with Gasteiger partial charge in [0, 0.05) is 24.8 Å². The second kappa shape index (κ2) is 5.65. The van der Waals surface area contributed by atoms with Gasteiger partial charge in [-0.05, 0) is 18.6 Å². The summed E-state index contributed by atoms with van der Waals surface area (Å²) in [7, 11) is 0. The number of fused-ring (bicyclic) bond motifs is 1. The molecule has 0 unspecified atom stereocenters. The minimum absolute atomic E-state index is 0.0777. The van der Waals surface area contributed by atoms with E-state index in [1.54, 1.807) is 18.2 Å². The fraction of sp³-hybridized carbons (Fsp3) is 0.357. The summed E-state index contributed by atoms with van der Waals surface area (Å²) in [5.74, 6) is -0.110. The normalized spacial score (nSPS) is 10.6. The smallest absolute Gasteiger partial charge is 0.309 e. The first kappa shape index (κ1) is 13.3. The molecule has 0 amide bonds. The third kappa shape index (κ3) is 3.19. The number of hydrogen-bond acceptors (Lipinski definition) is 4. The topological polar surface area (TPSA) is 72.1 Å². The number of esters is 1. The van der Waals surface area contributed by atoms with Crippen LogP contribution in [0.4, 0.5) is 0 Å². The van der Waals surface area contributed by atoms with Crippen molar-refractivity contribution in [2.45, 2.75) is 33.1 Å². The Morgan fingerprint density at radius 2 is 2.16 bits per heavy atom. The molecular weight excluding hydrogens is 244 g/mol. The lowest BCUT2D eigenvalue weighted by Crippen LogP contribution is -2.02. The van der Waals surface area contributed by atoms with Crippen molar-refractivity contribution in [1.29, 1.82) is 0 Å². The average Bonchev–Trinajstić information content (AvgIpc) is 2.78. The molecule has 5 heteroatoms. The summed E-state index contributed by atoms with van der Waals surface area (Å²) in [6.45, 7) is 3.37. The molecule has 0 fully saturated rings. The fourth-order valence-corrected chi connectivity index (χ4v) is 1.81. The number of ketones is 1. The van der Waals surface area contributed by atoms with E-state index < -0.39 is 5.97 Å². The fourth-order valence-electron chi connectivity index (χ4n) is 1.81. The lowest BCUT2D eigenvalue weighted by molar-refractivity contribution is -0.132. The Morgan fingerprint density at radius 3 is 2.84 bits per heavy atom. The van der Waals surface area contributed by atoms with Gasteiger partial charge >= 0.3 is 5.97 Å². The molecule has 0 spiro atoms. The van der Waals surface area contributed by atoms with E-state index in [2.05, 4.69) is 9.97 Å². The first-order chi connectivity index (χ1) is 9.10. The van der Waals surface area contributed by atoms with Gasteiger partial charge in [0.05, 0.1) is 5.69 Å². The van der Waals surface area contributed by atoms with Crippen LogP contribution >= 0.6 is 0 Å². The molecule has 19 heavy (non-hydrogen) atoms. The van der Waals surface area contributed by atoms with Crippen LogP contribution in [0.1, 0.15) is 43.6 Å². The van der Waals surface area contributed by atoms with Crippen molar-refractivity contribution in [3.63, 3.8) is 0 Å². The molecule has 0 aromatic carbocycles. The summed E-state index contributed by atoms with van der Waals surface area (Å²) < 4.78 is 4.90. The van der Waals surface area contributed by atoms with Gasteiger partial charge in [-0.2, -0.15) is 4.98 Å². The Bertz CT molecular complexity index is 616. The highest BCUT2D eigenvalue weighted by Gasteiger charge is 2.10. The van der Waals surface area contributed by atoms with Crippen molar-refractivity contribution in [1.82, 2.24) is 9.97 Å². The van der Waals surface area contributed by atoms with E-state index in [9.17, 15) is 9.59 Å². The monoisotopic (exact) mass is 260 g/mol. The highest BCUT2D eigenvalue weighted by Crippen LogP contribution is 2.19. The largest absolute Gasteiger partial charge is 0.408 e. The lowest BCUT2D eigenvalue weighted by Gasteiger charge is -1.98. The summed E-state index contributed by atoms with van der Waals surface area (Å²) in [4.78, 5) is 29.9. The van der Waals surface area contributed by atoms with Gasteiger partial charge in [-0.15, -0.1) is 0 Å². The number of carbonyl (C=O) groups excluding carboxylic acids is 2. The zero-order valence-electron chi connectivity index (χ0n) is 11.0. The summed E-state index contributed by atoms with van der Waals surface area (Å²) in [6.07, 6.45) is 2.39. The maximum Gasteiger partial charge on any atom is 0.309 e. The maximum atomic E-state index is 11.9. The molecule has 1 N–H and O–H groups in total. The van der Waals surface area contributed by atoms with E-state index >= 15 is 0 Å². The Kier molecular flexibility index (Phi) is 3.94. The molecule has 0 saturated heterocycles. The van der Waals surface area contributed by atoms with Crippen LogP contribution in [-0.2, 0) is 4.79 Å². The lowest BCUT2D eigenvalue weighted by atomic mass is 10.1. The van der Waals surface area contributed by atoms with Crippen LogP contribution in [-0.4, -0.2) is 21.7 Å². The molecule has 0 radical (unpaired) electrons.